The highest BCUT2D eigenvalue weighted by Gasteiger charge is 2.18. The van der Waals surface area contributed by atoms with Gasteiger partial charge in [0, 0.05) is 25.3 Å². The van der Waals surface area contributed by atoms with Gasteiger partial charge in [0.15, 0.2) is 0 Å². The molecule has 0 atom stereocenters. The first-order chi connectivity index (χ1) is 8.31. The number of nitrogens with two attached hydrogens (primary N) is 1. The van der Waals surface area contributed by atoms with Crippen LogP contribution in [-0.2, 0) is 13.1 Å². The van der Waals surface area contributed by atoms with Crippen LogP contribution in [-0.4, -0.2) is 23.0 Å². The van der Waals surface area contributed by atoms with Crippen molar-refractivity contribution in [3.8, 4) is 0 Å². The third-order valence-corrected chi connectivity index (χ3v) is 3.80. The van der Waals surface area contributed by atoms with Gasteiger partial charge in [-0.25, -0.2) is 0 Å². The normalized spacial score (nSPS) is 17.6. The molecule has 0 spiro atoms. The summed E-state index contributed by atoms with van der Waals surface area (Å²) in [6, 6.07) is 4.90. The number of pyridine rings is 1. The molecule has 1 aliphatic rings. The van der Waals surface area contributed by atoms with E-state index in [1.807, 2.05) is 12.3 Å². The Balaban J connectivity index is 1.99. The van der Waals surface area contributed by atoms with Gasteiger partial charge in [-0.1, -0.05) is 25.3 Å². The van der Waals surface area contributed by atoms with Crippen LogP contribution in [0.3, 0.4) is 0 Å². The highest BCUT2D eigenvalue weighted by molar-refractivity contribution is 5.19. The molecule has 0 unspecified atom stereocenters. The highest BCUT2D eigenvalue weighted by Crippen LogP contribution is 2.23. The zero-order valence-electron chi connectivity index (χ0n) is 10.7. The molecule has 17 heavy (non-hydrogen) atoms. The van der Waals surface area contributed by atoms with Gasteiger partial charge in [0.25, 0.3) is 0 Å². The average Bonchev–Trinajstić information content (AvgIpc) is 2.40. The molecule has 0 aliphatic heterocycles. The topological polar surface area (TPSA) is 42.2 Å². The predicted octanol–water partition coefficient (Wildman–Crippen LogP) is 2.30. The van der Waals surface area contributed by atoms with E-state index in [0.29, 0.717) is 6.54 Å². The lowest BCUT2D eigenvalue weighted by Crippen LogP contribution is -2.33. The van der Waals surface area contributed by atoms with E-state index in [2.05, 4.69) is 23.0 Å². The first kappa shape index (κ1) is 12.5. The quantitative estimate of drug-likeness (QED) is 0.867. The molecule has 0 bridgehead atoms. The van der Waals surface area contributed by atoms with Gasteiger partial charge in [0.2, 0.25) is 0 Å². The van der Waals surface area contributed by atoms with Crippen molar-refractivity contribution in [3.05, 3.63) is 29.6 Å². The summed E-state index contributed by atoms with van der Waals surface area (Å²) in [6.45, 7) is 1.51. The monoisotopic (exact) mass is 233 g/mol. The molecule has 2 rings (SSSR count). The SMILES string of the molecule is CN(Cc1cccnc1CN)C1CCCCC1. The molecule has 1 aromatic rings. The smallest absolute Gasteiger partial charge is 0.0584 e. The van der Waals surface area contributed by atoms with Crippen LogP contribution in [0.15, 0.2) is 18.3 Å². The Labute approximate surface area is 104 Å². The standard InChI is InChI=1S/C14H23N3/c1-17(13-7-3-2-4-8-13)11-12-6-5-9-16-14(12)10-15/h5-6,9,13H,2-4,7-8,10-11,15H2,1H3. The van der Waals surface area contributed by atoms with E-state index in [0.717, 1.165) is 18.3 Å². The number of rotatable bonds is 4. The molecule has 2 N–H and O–H groups in total. The van der Waals surface area contributed by atoms with Gasteiger partial charge in [-0.15, -0.1) is 0 Å². The van der Waals surface area contributed by atoms with E-state index in [1.165, 1.54) is 37.7 Å². The van der Waals surface area contributed by atoms with Crippen molar-refractivity contribution in [3.63, 3.8) is 0 Å². The summed E-state index contributed by atoms with van der Waals surface area (Å²) in [7, 11) is 2.23. The van der Waals surface area contributed by atoms with Crippen molar-refractivity contribution in [2.75, 3.05) is 7.05 Å². The van der Waals surface area contributed by atoms with Crippen LogP contribution < -0.4 is 5.73 Å². The number of aromatic nitrogens is 1. The second-order valence-corrected chi connectivity index (χ2v) is 5.02. The van der Waals surface area contributed by atoms with Gasteiger partial charge < -0.3 is 5.73 Å². The summed E-state index contributed by atoms with van der Waals surface area (Å²) >= 11 is 0. The Hall–Kier alpha value is -0.930. The third-order valence-electron chi connectivity index (χ3n) is 3.80. The van der Waals surface area contributed by atoms with E-state index < -0.39 is 0 Å². The zero-order valence-corrected chi connectivity index (χ0v) is 10.7. The highest BCUT2D eigenvalue weighted by atomic mass is 15.1. The summed E-state index contributed by atoms with van der Waals surface area (Å²) in [6.07, 6.45) is 8.68. The Bertz CT molecular complexity index is 345. The van der Waals surface area contributed by atoms with E-state index in [-0.39, 0.29) is 0 Å². The molecular formula is C14H23N3. The maximum absolute atomic E-state index is 5.72. The summed E-state index contributed by atoms with van der Waals surface area (Å²) in [5, 5.41) is 0. The van der Waals surface area contributed by atoms with Gasteiger partial charge in [-0.05, 0) is 31.5 Å². The van der Waals surface area contributed by atoms with Gasteiger partial charge >= 0.3 is 0 Å². The lowest BCUT2D eigenvalue weighted by atomic mass is 9.94. The fourth-order valence-electron chi connectivity index (χ4n) is 2.72. The maximum Gasteiger partial charge on any atom is 0.0584 e. The molecule has 1 heterocycles. The molecule has 1 aromatic heterocycles. The first-order valence-electron chi connectivity index (χ1n) is 6.64. The van der Waals surface area contributed by atoms with Crippen LogP contribution in [0.2, 0.25) is 0 Å². The van der Waals surface area contributed by atoms with Crippen LogP contribution in [0.25, 0.3) is 0 Å². The summed E-state index contributed by atoms with van der Waals surface area (Å²) < 4.78 is 0. The molecule has 1 fully saturated rings. The van der Waals surface area contributed by atoms with Gasteiger partial charge in [-0.3, -0.25) is 9.88 Å². The number of hydrogen-bond donors (Lipinski definition) is 1. The zero-order chi connectivity index (χ0) is 12.1. The van der Waals surface area contributed by atoms with Crippen molar-refractivity contribution in [1.82, 2.24) is 9.88 Å². The summed E-state index contributed by atoms with van der Waals surface area (Å²) in [5.74, 6) is 0. The van der Waals surface area contributed by atoms with Gasteiger partial charge in [0.1, 0.15) is 0 Å². The van der Waals surface area contributed by atoms with Crippen LogP contribution >= 0.6 is 0 Å². The van der Waals surface area contributed by atoms with Gasteiger partial charge in [0.05, 0.1) is 5.69 Å². The van der Waals surface area contributed by atoms with Crippen molar-refractivity contribution in [1.29, 1.82) is 0 Å². The molecule has 94 valence electrons. The van der Waals surface area contributed by atoms with Crippen LogP contribution in [0.5, 0.6) is 0 Å². The second kappa shape index (κ2) is 6.12. The molecule has 3 heteroatoms. The van der Waals surface area contributed by atoms with Gasteiger partial charge in [-0.2, -0.15) is 0 Å². The molecule has 0 aromatic carbocycles. The first-order valence-corrected chi connectivity index (χ1v) is 6.64. The van der Waals surface area contributed by atoms with Crippen LogP contribution in [0, 0.1) is 0 Å². The molecule has 0 radical (unpaired) electrons. The largest absolute Gasteiger partial charge is 0.325 e. The third kappa shape index (κ3) is 3.27. The molecule has 1 saturated carbocycles. The fraction of sp³-hybridized carbons (Fsp3) is 0.643. The predicted molar refractivity (Wildman–Crippen MR) is 70.5 cm³/mol. The Morgan fingerprint density at radius 1 is 1.35 bits per heavy atom. The summed E-state index contributed by atoms with van der Waals surface area (Å²) in [5.41, 5.74) is 8.04. The molecule has 0 saturated heterocycles. The van der Waals surface area contributed by atoms with E-state index in [9.17, 15) is 0 Å². The Morgan fingerprint density at radius 2 is 2.12 bits per heavy atom. The minimum atomic E-state index is 0.536. The Morgan fingerprint density at radius 3 is 2.82 bits per heavy atom. The second-order valence-electron chi connectivity index (χ2n) is 5.02. The van der Waals surface area contributed by atoms with Crippen molar-refractivity contribution >= 4 is 0 Å². The lowest BCUT2D eigenvalue weighted by molar-refractivity contribution is 0.184. The van der Waals surface area contributed by atoms with E-state index in [1.54, 1.807) is 0 Å². The molecular weight excluding hydrogens is 210 g/mol. The van der Waals surface area contributed by atoms with Crippen LogP contribution in [0.4, 0.5) is 0 Å². The van der Waals surface area contributed by atoms with Crippen molar-refractivity contribution in [2.24, 2.45) is 5.73 Å². The fourth-order valence-corrected chi connectivity index (χ4v) is 2.72. The van der Waals surface area contributed by atoms with Crippen molar-refractivity contribution in [2.45, 2.75) is 51.2 Å². The number of hydrogen-bond acceptors (Lipinski definition) is 3. The molecule has 0 amide bonds. The minimum absolute atomic E-state index is 0.536. The van der Waals surface area contributed by atoms with E-state index >= 15 is 0 Å². The molecule has 1 aliphatic carbocycles. The van der Waals surface area contributed by atoms with Crippen molar-refractivity contribution < 1.29 is 0 Å². The average molecular weight is 233 g/mol. The summed E-state index contributed by atoms with van der Waals surface area (Å²) in [4.78, 5) is 6.81. The Kier molecular flexibility index (Phi) is 4.51. The molecule has 3 nitrogen and oxygen atoms in total. The maximum atomic E-state index is 5.72. The minimum Gasteiger partial charge on any atom is -0.325 e. The van der Waals surface area contributed by atoms with Crippen LogP contribution in [0.1, 0.15) is 43.4 Å². The lowest BCUT2D eigenvalue weighted by Gasteiger charge is -2.31. The van der Waals surface area contributed by atoms with E-state index in [4.69, 9.17) is 5.73 Å². The number of nitrogens with zero attached hydrogens (tertiary/aromatic N) is 2.